The van der Waals surface area contributed by atoms with Gasteiger partial charge in [-0.15, -0.1) is 0 Å². The Morgan fingerprint density at radius 1 is 1.33 bits per heavy atom. The molecule has 0 radical (unpaired) electrons. The van der Waals surface area contributed by atoms with Crippen molar-refractivity contribution < 1.29 is 4.79 Å². The molecule has 1 atom stereocenters. The molecule has 1 amide bonds. The van der Waals surface area contributed by atoms with Crippen LogP contribution in [-0.4, -0.2) is 45.2 Å². The molecular formula is C18H25N5O. The van der Waals surface area contributed by atoms with E-state index < -0.39 is 0 Å². The minimum atomic E-state index is -0.00356. The second-order valence-corrected chi connectivity index (χ2v) is 6.63. The average Bonchev–Trinajstić information content (AvgIpc) is 3.08. The van der Waals surface area contributed by atoms with Crippen molar-refractivity contribution in [2.45, 2.75) is 32.9 Å². The zero-order valence-electron chi connectivity index (χ0n) is 14.2. The first-order valence-corrected chi connectivity index (χ1v) is 8.56. The second-order valence-electron chi connectivity index (χ2n) is 6.63. The number of aromatic nitrogens is 3. The summed E-state index contributed by atoms with van der Waals surface area (Å²) >= 11 is 0. The van der Waals surface area contributed by atoms with Crippen molar-refractivity contribution in [1.82, 2.24) is 25.0 Å². The quantitative estimate of drug-likeness (QED) is 0.876. The number of rotatable bonds is 6. The normalized spacial score (nSPS) is 18.5. The number of carbonyl (C=O) groups is 1. The third-order valence-corrected chi connectivity index (χ3v) is 4.49. The van der Waals surface area contributed by atoms with E-state index >= 15 is 0 Å². The fourth-order valence-electron chi connectivity index (χ4n) is 3.19. The van der Waals surface area contributed by atoms with Crippen LogP contribution in [0.1, 0.15) is 24.0 Å². The van der Waals surface area contributed by atoms with Crippen molar-refractivity contribution in [2.75, 3.05) is 19.6 Å². The molecule has 2 heterocycles. The maximum absolute atomic E-state index is 11.9. The van der Waals surface area contributed by atoms with Gasteiger partial charge in [0.05, 0.1) is 0 Å². The van der Waals surface area contributed by atoms with E-state index in [-0.39, 0.29) is 12.5 Å². The van der Waals surface area contributed by atoms with Crippen LogP contribution in [0.2, 0.25) is 0 Å². The van der Waals surface area contributed by atoms with Gasteiger partial charge in [-0.05, 0) is 37.8 Å². The number of aryl methyl sites for hydroxylation is 1. The SMILES string of the molecule is Cc1ccc(CN2CCCC(CNC(=O)Cn3cncn3)C2)cc1. The van der Waals surface area contributed by atoms with Crippen LogP contribution in [0.5, 0.6) is 0 Å². The minimum Gasteiger partial charge on any atom is -0.354 e. The van der Waals surface area contributed by atoms with Gasteiger partial charge in [0.25, 0.3) is 0 Å². The van der Waals surface area contributed by atoms with E-state index in [0.29, 0.717) is 5.92 Å². The smallest absolute Gasteiger partial charge is 0.241 e. The Labute approximate surface area is 142 Å². The Balaban J connectivity index is 1.43. The standard InChI is InChI=1S/C18H25N5O/c1-15-4-6-16(7-5-15)10-22-8-2-3-17(11-22)9-20-18(24)12-23-14-19-13-21-23/h4-7,13-14,17H,2-3,8-12H2,1H3,(H,20,24). The summed E-state index contributed by atoms with van der Waals surface area (Å²) in [5, 5.41) is 6.98. The van der Waals surface area contributed by atoms with Crippen LogP contribution in [0.25, 0.3) is 0 Å². The number of nitrogens with zero attached hydrogens (tertiary/aromatic N) is 4. The summed E-state index contributed by atoms with van der Waals surface area (Å²) in [5.41, 5.74) is 2.65. The van der Waals surface area contributed by atoms with Gasteiger partial charge in [0.2, 0.25) is 5.91 Å². The molecule has 6 heteroatoms. The van der Waals surface area contributed by atoms with Crippen LogP contribution >= 0.6 is 0 Å². The van der Waals surface area contributed by atoms with Gasteiger partial charge >= 0.3 is 0 Å². The molecule has 0 bridgehead atoms. The zero-order chi connectivity index (χ0) is 16.8. The number of likely N-dealkylation sites (tertiary alicyclic amines) is 1. The molecule has 1 N–H and O–H groups in total. The summed E-state index contributed by atoms with van der Waals surface area (Å²) in [5.74, 6) is 0.514. The third kappa shape index (κ3) is 4.89. The van der Waals surface area contributed by atoms with E-state index in [4.69, 9.17) is 0 Å². The fourth-order valence-corrected chi connectivity index (χ4v) is 3.19. The number of amides is 1. The molecule has 1 aliphatic heterocycles. The van der Waals surface area contributed by atoms with E-state index in [1.807, 2.05) is 0 Å². The summed E-state index contributed by atoms with van der Waals surface area (Å²) in [6, 6.07) is 8.75. The Hall–Kier alpha value is -2.21. The second kappa shape index (κ2) is 8.06. The average molecular weight is 327 g/mol. The molecule has 1 aromatic carbocycles. The topological polar surface area (TPSA) is 63.1 Å². The van der Waals surface area contributed by atoms with Crippen molar-refractivity contribution in [3.63, 3.8) is 0 Å². The summed E-state index contributed by atoms with van der Waals surface area (Å²) in [4.78, 5) is 18.3. The third-order valence-electron chi connectivity index (χ3n) is 4.49. The first kappa shape index (κ1) is 16.6. The lowest BCUT2D eigenvalue weighted by Gasteiger charge is -2.32. The Bertz CT molecular complexity index is 638. The number of nitrogens with one attached hydrogen (secondary N) is 1. The van der Waals surface area contributed by atoms with Crippen molar-refractivity contribution in [3.05, 3.63) is 48.0 Å². The van der Waals surface area contributed by atoms with Crippen molar-refractivity contribution in [2.24, 2.45) is 5.92 Å². The van der Waals surface area contributed by atoms with Gasteiger partial charge in [0, 0.05) is 19.6 Å². The molecule has 1 aliphatic rings. The molecule has 24 heavy (non-hydrogen) atoms. The van der Waals surface area contributed by atoms with E-state index in [9.17, 15) is 4.79 Å². The van der Waals surface area contributed by atoms with Crippen LogP contribution in [-0.2, 0) is 17.9 Å². The molecule has 0 saturated carbocycles. The molecule has 1 unspecified atom stereocenters. The van der Waals surface area contributed by atoms with E-state index in [0.717, 1.165) is 26.2 Å². The summed E-state index contributed by atoms with van der Waals surface area (Å²) in [6.07, 6.45) is 5.37. The molecule has 2 aromatic rings. The molecule has 1 aromatic heterocycles. The Morgan fingerprint density at radius 2 is 2.17 bits per heavy atom. The van der Waals surface area contributed by atoms with Gasteiger partial charge in [-0.3, -0.25) is 9.69 Å². The van der Waals surface area contributed by atoms with Crippen LogP contribution in [0, 0.1) is 12.8 Å². The predicted molar refractivity (Wildman–Crippen MR) is 92.2 cm³/mol. The molecule has 0 spiro atoms. The number of hydrogen-bond donors (Lipinski definition) is 1. The van der Waals surface area contributed by atoms with Crippen LogP contribution in [0.15, 0.2) is 36.9 Å². The van der Waals surface area contributed by atoms with Gasteiger partial charge in [0.1, 0.15) is 19.2 Å². The minimum absolute atomic E-state index is 0.00356. The highest BCUT2D eigenvalue weighted by Crippen LogP contribution is 2.18. The molecule has 1 saturated heterocycles. The molecule has 6 nitrogen and oxygen atoms in total. The highest BCUT2D eigenvalue weighted by atomic mass is 16.2. The summed E-state index contributed by atoms with van der Waals surface area (Å²) in [6.45, 7) is 6.25. The monoisotopic (exact) mass is 327 g/mol. The van der Waals surface area contributed by atoms with E-state index in [1.54, 1.807) is 11.0 Å². The molecule has 0 aliphatic carbocycles. The first-order chi connectivity index (χ1) is 11.7. The maximum atomic E-state index is 11.9. The Morgan fingerprint density at radius 3 is 2.92 bits per heavy atom. The van der Waals surface area contributed by atoms with Gasteiger partial charge in [-0.2, -0.15) is 5.10 Å². The van der Waals surface area contributed by atoms with Gasteiger partial charge in [-0.25, -0.2) is 9.67 Å². The molecule has 1 fully saturated rings. The van der Waals surface area contributed by atoms with Gasteiger partial charge in [-0.1, -0.05) is 29.8 Å². The summed E-state index contributed by atoms with van der Waals surface area (Å²) < 4.78 is 1.54. The fraction of sp³-hybridized carbons (Fsp3) is 0.500. The largest absolute Gasteiger partial charge is 0.354 e. The summed E-state index contributed by atoms with van der Waals surface area (Å²) in [7, 11) is 0. The van der Waals surface area contributed by atoms with Crippen molar-refractivity contribution in [3.8, 4) is 0 Å². The number of benzene rings is 1. The van der Waals surface area contributed by atoms with Crippen molar-refractivity contribution in [1.29, 1.82) is 0 Å². The maximum Gasteiger partial charge on any atom is 0.241 e. The highest BCUT2D eigenvalue weighted by Gasteiger charge is 2.20. The van der Waals surface area contributed by atoms with E-state index in [2.05, 4.69) is 51.5 Å². The van der Waals surface area contributed by atoms with Gasteiger partial charge in [0.15, 0.2) is 0 Å². The number of hydrogen-bond acceptors (Lipinski definition) is 4. The Kier molecular flexibility index (Phi) is 5.59. The van der Waals surface area contributed by atoms with Gasteiger partial charge < -0.3 is 5.32 Å². The predicted octanol–water partition coefficient (Wildman–Crippen LogP) is 1.61. The lowest BCUT2D eigenvalue weighted by molar-refractivity contribution is -0.122. The first-order valence-electron chi connectivity index (χ1n) is 8.56. The lowest BCUT2D eigenvalue weighted by Crippen LogP contribution is -2.41. The zero-order valence-corrected chi connectivity index (χ0v) is 14.2. The van der Waals surface area contributed by atoms with Crippen LogP contribution in [0.3, 0.4) is 0 Å². The molecule has 128 valence electrons. The number of piperidine rings is 1. The van der Waals surface area contributed by atoms with E-state index in [1.165, 1.54) is 30.3 Å². The van der Waals surface area contributed by atoms with Crippen LogP contribution in [0.4, 0.5) is 0 Å². The molecular weight excluding hydrogens is 302 g/mol. The molecule has 3 rings (SSSR count). The van der Waals surface area contributed by atoms with Crippen LogP contribution < -0.4 is 5.32 Å². The van der Waals surface area contributed by atoms with Crippen molar-refractivity contribution >= 4 is 5.91 Å². The number of carbonyl (C=O) groups excluding carboxylic acids is 1. The lowest BCUT2D eigenvalue weighted by atomic mass is 9.97. The highest BCUT2D eigenvalue weighted by molar-refractivity contribution is 5.75.